The predicted molar refractivity (Wildman–Crippen MR) is 142 cm³/mol. The third-order valence-electron chi connectivity index (χ3n) is 11.1. The van der Waals surface area contributed by atoms with Gasteiger partial charge in [0.15, 0.2) is 0 Å². The fourth-order valence-corrected chi connectivity index (χ4v) is 9.38. The van der Waals surface area contributed by atoms with Gasteiger partial charge < -0.3 is 14.8 Å². The van der Waals surface area contributed by atoms with Crippen molar-refractivity contribution in [1.82, 2.24) is 10.3 Å². The van der Waals surface area contributed by atoms with Gasteiger partial charge in [-0.3, -0.25) is 4.98 Å². The first-order chi connectivity index (χ1) is 17.4. The highest BCUT2D eigenvalue weighted by Crippen LogP contribution is 2.69. The summed E-state index contributed by atoms with van der Waals surface area (Å²) in [6.07, 6.45) is 18.6. The van der Waals surface area contributed by atoms with Crippen LogP contribution in [0.3, 0.4) is 0 Å². The number of benzene rings is 1. The van der Waals surface area contributed by atoms with E-state index in [0.29, 0.717) is 17.9 Å². The van der Waals surface area contributed by atoms with Gasteiger partial charge in [-0.15, -0.1) is 0 Å². The zero-order valence-electron chi connectivity index (χ0n) is 21.7. The molecule has 36 heavy (non-hydrogen) atoms. The Hall–Kier alpha value is -2.01. The van der Waals surface area contributed by atoms with Gasteiger partial charge >= 0.3 is 0 Å². The van der Waals surface area contributed by atoms with Gasteiger partial charge in [-0.2, -0.15) is 0 Å². The van der Waals surface area contributed by atoms with Crippen molar-refractivity contribution in [2.45, 2.75) is 93.9 Å². The van der Waals surface area contributed by atoms with Gasteiger partial charge in [-0.1, -0.05) is 31.2 Å². The number of hydrogen-bond donors (Lipinski definition) is 1. The predicted octanol–water partition coefficient (Wildman–Crippen LogP) is 6.22. The highest BCUT2D eigenvalue weighted by atomic mass is 16.5. The highest BCUT2D eigenvalue weighted by molar-refractivity contribution is 5.82. The van der Waals surface area contributed by atoms with Crippen LogP contribution < -0.4 is 5.32 Å². The molecular formula is C32H38N2O2. The molecule has 2 bridgehead atoms. The molecule has 2 saturated carbocycles. The van der Waals surface area contributed by atoms with E-state index < -0.39 is 0 Å². The Morgan fingerprint density at radius 3 is 2.81 bits per heavy atom. The topological polar surface area (TPSA) is 43.4 Å². The summed E-state index contributed by atoms with van der Waals surface area (Å²) >= 11 is 0. The number of aromatic nitrogens is 1. The minimum Gasteiger partial charge on any atom is -0.377 e. The third-order valence-corrected chi connectivity index (χ3v) is 11.1. The number of rotatable bonds is 3. The van der Waals surface area contributed by atoms with Crippen LogP contribution in [0.25, 0.3) is 10.8 Å². The minimum absolute atomic E-state index is 0.0564. The second-order valence-corrected chi connectivity index (χ2v) is 13.3. The molecule has 8 rings (SSSR count). The molecule has 1 aromatic heterocycles. The second-order valence-electron chi connectivity index (χ2n) is 13.3. The fraction of sp³-hybridized carbons (Fsp3) is 0.594. The summed E-state index contributed by atoms with van der Waals surface area (Å²) < 4.78 is 13.0. The summed E-state index contributed by atoms with van der Waals surface area (Å²) in [6.45, 7) is 6.56. The second kappa shape index (κ2) is 7.30. The molecule has 2 spiro atoms. The normalized spacial score (nSPS) is 42.1. The average molecular weight is 483 g/mol. The summed E-state index contributed by atoms with van der Waals surface area (Å²) in [7, 11) is 0. The molecule has 188 valence electrons. The summed E-state index contributed by atoms with van der Waals surface area (Å²) in [5.41, 5.74) is 4.83. The van der Waals surface area contributed by atoms with Gasteiger partial charge in [0.1, 0.15) is 0 Å². The molecule has 4 fully saturated rings. The molecule has 6 aliphatic rings. The lowest BCUT2D eigenvalue weighted by molar-refractivity contribution is -0.140. The molecule has 1 N–H and O–H groups in total. The van der Waals surface area contributed by atoms with Crippen LogP contribution in [0.4, 0.5) is 0 Å². The van der Waals surface area contributed by atoms with Crippen LogP contribution in [0.2, 0.25) is 0 Å². The number of allylic oxidation sites excluding steroid dienone is 1. The van der Waals surface area contributed by atoms with Gasteiger partial charge in [0.2, 0.25) is 0 Å². The maximum Gasteiger partial charge on any atom is 0.0974 e. The lowest BCUT2D eigenvalue weighted by Gasteiger charge is -2.55. The van der Waals surface area contributed by atoms with Crippen LogP contribution in [-0.2, 0) is 9.47 Å². The summed E-state index contributed by atoms with van der Waals surface area (Å²) in [6, 6.07) is 9.74. The van der Waals surface area contributed by atoms with Crippen molar-refractivity contribution >= 4 is 10.8 Å². The smallest absolute Gasteiger partial charge is 0.0974 e. The molecule has 4 nitrogen and oxygen atoms in total. The number of hydrogen-bond acceptors (Lipinski definition) is 4. The zero-order valence-corrected chi connectivity index (χ0v) is 21.7. The molecule has 2 saturated heterocycles. The zero-order chi connectivity index (χ0) is 24.2. The highest BCUT2D eigenvalue weighted by Gasteiger charge is 2.66. The summed E-state index contributed by atoms with van der Waals surface area (Å²) in [5.74, 6) is 1.16. The number of ether oxygens (including phenoxy) is 2. The van der Waals surface area contributed by atoms with Crippen LogP contribution in [0.15, 0.2) is 60.0 Å². The van der Waals surface area contributed by atoms with E-state index in [2.05, 4.69) is 60.6 Å². The molecular weight excluding hydrogens is 444 g/mol. The van der Waals surface area contributed by atoms with Crippen LogP contribution in [-0.4, -0.2) is 41.0 Å². The number of pyridine rings is 1. The first-order valence-electron chi connectivity index (χ1n) is 14.2. The number of fused-ring (bicyclic) bond motifs is 2. The molecule has 3 aliphatic carbocycles. The summed E-state index contributed by atoms with van der Waals surface area (Å²) in [5, 5.41) is 6.50. The van der Waals surface area contributed by atoms with E-state index in [1.54, 1.807) is 5.57 Å². The fourth-order valence-electron chi connectivity index (χ4n) is 9.38. The molecule has 3 aliphatic heterocycles. The Balaban J connectivity index is 1.13. The maximum absolute atomic E-state index is 7.49. The first kappa shape index (κ1) is 22.0. The molecule has 1 aromatic carbocycles. The Kier molecular flexibility index (Phi) is 4.47. The van der Waals surface area contributed by atoms with Gasteiger partial charge in [-0.05, 0) is 110 Å². The quantitative estimate of drug-likeness (QED) is 0.564. The number of nitrogens with one attached hydrogen (secondary N) is 1. The van der Waals surface area contributed by atoms with Gasteiger partial charge in [0.05, 0.1) is 30.0 Å². The van der Waals surface area contributed by atoms with E-state index in [0.717, 1.165) is 32.5 Å². The molecule has 2 aromatic rings. The molecule has 4 heteroatoms. The molecule has 1 unspecified atom stereocenters. The van der Waals surface area contributed by atoms with Crippen LogP contribution in [0.5, 0.6) is 0 Å². The SMILES string of the molecule is CC1(N[C@@H]2CCC3=CC4=CC[C@]5(C)C(c6ccc7ccncc7c6)CC[C@H]5[C@@]45CC[C@]3(C2)O5)COC1. The Labute approximate surface area is 214 Å². The van der Waals surface area contributed by atoms with E-state index in [4.69, 9.17) is 9.47 Å². The van der Waals surface area contributed by atoms with Gasteiger partial charge in [0, 0.05) is 23.8 Å². The maximum atomic E-state index is 7.49. The standard InChI is InChI=1S/C32H38N2O2/c1-29(19-35-20-29)34-26-6-5-24-16-25-9-11-30(2)27(22-4-3-21-10-14-33-18-23(21)15-22)7-8-28(30)32(25)13-12-31(24,17-26)36-32/h3-4,9-10,14-16,18,26-28,34H,5-8,11-13,17,19-20H2,1-2H3/t26-,27?,28-,30-,31-,32-/m1/s1. The van der Waals surface area contributed by atoms with Gasteiger partial charge in [0.25, 0.3) is 0 Å². The minimum atomic E-state index is -0.0883. The number of nitrogens with zero attached hydrogens (tertiary/aromatic N) is 1. The van der Waals surface area contributed by atoms with Gasteiger partial charge in [-0.25, -0.2) is 0 Å². The summed E-state index contributed by atoms with van der Waals surface area (Å²) in [4.78, 5) is 4.39. The Bertz CT molecular complexity index is 1310. The van der Waals surface area contributed by atoms with E-state index in [1.807, 2.05) is 12.4 Å². The van der Waals surface area contributed by atoms with E-state index in [1.165, 1.54) is 54.0 Å². The molecule has 4 heterocycles. The molecule has 6 atom stereocenters. The average Bonchev–Trinajstić information content (AvgIpc) is 3.38. The van der Waals surface area contributed by atoms with Crippen molar-refractivity contribution in [3.8, 4) is 0 Å². The lowest BCUT2D eigenvalue weighted by Crippen LogP contribution is -2.63. The van der Waals surface area contributed by atoms with Crippen molar-refractivity contribution < 1.29 is 9.47 Å². The van der Waals surface area contributed by atoms with Crippen molar-refractivity contribution in [2.24, 2.45) is 11.3 Å². The Morgan fingerprint density at radius 2 is 1.94 bits per heavy atom. The molecule has 0 amide bonds. The van der Waals surface area contributed by atoms with Crippen molar-refractivity contribution in [1.29, 1.82) is 0 Å². The first-order valence-corrected chi connectivity index (χ1v) is 14.2. The molecule has 0 radical (unpaired) electrons. The third kappa shape index (κ3) is 2.90. The van der Waals surface area contributed by atoms with Crippen molar-refractivity contribution in [2.75, 3.05) is 13.2 Å². The van der Waals surface area contributed by atoms with E-state index >= 15 is 0 Å². The van der Waals surface area contributed by atoms with Crippen molar-refractivity contribution in [3.63, 3.8) is 0 Å². The largest absolute Gasteiger partial charge is 0.377 e. The van der Waals surface area contributed by atoms with Crippen LogP contribution in [0.1, 0.15) is 76.7 Å². The van der Waals surface area contributed by atoms with Crippen LogP contribution in [0, 0.1) is 11.3 Å². The Morgan fingerprint density at radius 1 is 1.03 bits per heavy atom. The van der Waals surface area contributed by atoms with E-state index in [-0.39, 0.29) is 22.2 Å². The van der Waals surface area contributed by atoms with Crippen LogP contribution >= 0.6 is 0 Å². The lowest BCUT2D eigenvalue weighted by atomic mass is 9.58. The van der Waals surface area contributed by atoms with E-state index in [9.17, 15) is 0 Å². The monoisotopic (exact) mass is 482 g/mol. The van der Waals surface area contributed by atoms with Crippen molar-refractivity contribution in [3.05, 3.63) is 65.5 Å².